The summed E-state index contributed by atoms with van der Waals surface area (Å²) in [5.41, 5.74) is 0. The Morgan fingerprint density at radius 1 is 0.328 bits per heavy atom. The molecule has 0 aromatic rings. The van der Waals surface area contributed by atoms with Gasteiger partial charge in [-0.25, -0.2) is 0 Å². The van der Waals surface area contributed by atoms with Gasteiger partial charge in [0.05, 0.1) is 0 Å². The molecule has 0 aliphatic rings. The topological polar surface area (TPSA) is 78.9 Å². The van der Waals surface area contributed by atoms with Crippen LogP contribution < -0.4 is 0 Å². The van der Waals surface area contributed by atoms with E-state index in [-0.39, 0.29) is 37.5 Å². The monoisotopic (exact) mass is 931 g/mol. The second-order valence-corrected chi connectivity index (χ2v) is 18.1. The number of carbonyl (C=O) groups excluding carboxylic acids is 3. The number of hydrogen-bond donors (Lipinski definition) is 0. The number of hydrogen-bond acceptors (Lipinski definition) is 6. The lowest BCUT2D eigenvalue weighted by Crippen LogP contribution is -2.30. The molecule has 0 fully saturated rings. The summed E-state index contributed by atoms with van der Waals surface area (Å²) in [4.78, 5) is 38.1. The Hall–Kier alpha value is -3.67. The zero-order chi connectivity index (χ0) is 48.6. The van der Waals surface area contributed by atoms with Crippen LogP contribution in [0.1, 0.15) is 252 Å². The lowest BCUT2D eigenvalue weighted by Gasteiger charge is -2.18. The van der Waals surface area contributed by atoms with Gasteiger partial charge in [-0.1, -0.05) is 221 Å². The first-order chi connectivity index (χ1) is 33.0. The lowest BCUT2D eigenvalue weighted by molar-refractivity contribution is -0.167. The molecule has 0 amide bonds. The average molecular weight is 931 g/mol. The summed E-state index contributed by atoms with van der Waals surface area (Å²) in [6.07, 6.45) is 72.6. The maximum absolute atomic E-state index is 12.8. The third kappa shape index (κ3) is 53.2. The van der Waals surface area contributed by atoms with Crippen molar-refractivity contribution in [3.63, 3.8) is 0 Å². The highest BCUT2D eigenvalue weighted by atomic mass is 16.6. The Morgan fingerprint density at radius 2 is 0.642 bits per heavy atom. The second kappa shape index (κ2) is 54.9. The van der Waals surface area contributed by atoms with Crippen molar-refractivity contribution in [2.24, 2.45) is 0 Å². The molecule has 6 nitrogen and oxygen atoms in total. The van der Waals surface area contributed by atoms with Gasteiger partial charge in [0.25, 0.3) is 0 Å². The van der Waals surface area contributed by atoms with Crippen molar-refractivity contribution >= 4 is 17.9 Å². The predicted molar refractivity (Wildman–Crippen MR) is 288 cm³/mol. The van der Waals surface area contributed by atoms with Crippen LogP contribution in [0.4, 0.5) is 0 Å². The molecule has 0 heterocycles. The maximum atomic E-state index is 12.8. The minimum Gasteiger partial charge on any atom is -0.462 e. The zero-order valence-corrected chi connectivity index (χ0v) is 43.6. The number of allylic oxidation sites excluding steroid dienone is 16. The standard InChI is InChI=1S/C61H102O6/c1-4-7-10-13-16-19-22-25-27-29-30-32-33-36-39-42-45-48-51-54-60(63)66-57-58(56-65-59(62)53-50-47-44-41-38-35-24-21-18-15-12-9-6-3)67-61(64)55-52-49-46-43-40-37-34-31-28-26-23-20-17-14-11-8-5-2/h8,11,16-17,19-20,22,25-26,28,34-35,37-38,43,46,58H,4-7,9-10,12-15,18,21,23-24,27,29-33,36,39-42,44-45,47-57H2,1-3H3/b11-8-,19-16-,20-17-,25-22-,28-26-,37-34-,38-35-,46-43-. The Balaban J connectivity index is 4.48. The molecule has 0 radical (unpaired) electrons. The van der Waals surface area contributed by atoms with E-state index in [2.05, 4.69) is 118 Å². The van der Waals surface area contributed by atoms with Gasteiger partial charge in [-0.15, -0.1) is 0 Å². The van der Waals surface area contributed by atoms with Crippen molar-refractivity contribution in [3.8, 4) is 0 Å². The molecule has 0 aliphatic carbocycles. The molecular weight excluding hydrogens is 829 g/mol. The van der Waals surface area contributed by atoms with Crippen LogP contribution in [0.2, 0.25) is 0 Å². The van der Waals surface area contributed by atoms with Crippen LogP contribution in [0.5, 0.6) is 0 Å². The van der Waals surface area contributed by atoms with Crippen LogP contribution in [0.25, 0.3) is 0 Å². The predicted octanol–water partition coefficient (Wildman–Crippen LogP) is 18.5. The van der Waals surface area contributed by atoms with Gasteiger partial charge in [0.2, 0.25) is 0 Å². The first-order valence-corrected chi connectivity index (χ1v) is 27.8. The Kier molecular flexibility index (Phi) is 51.9. The summed E-state index contributed by atoms with van der Waals surface area (Å²) in [7, 11) is 0. The van der Waals surface area contributed by atoms with Crippen LogP contribution in [0, 0.1) is 0 Å². The third-order valence-electron chi connectivity index (χ3n) is 11.6. The minimum atomic E-state index is -0.815. The van der Waals surface area contributed by atoms with E-state index in [9.17, 15) is 14.4 Å². The number of ether oxygens (including phenoxy) is 3. The summed E-state index contributed by atoms with van der Waals surface area (Å²) in [5, 5.41) is 0. The molecule has 0 rings (SSSR count). The van der Waals surface area contributed by atoms with Crippen LogP contribution in [0.15, 0.2) is 97.2 Å². The highest BCUT2D eigenvalue weighted by Gasteiger charge is 2.19. The molecule has 0 saturated heterocycles. The molecule has 0 bridgehead atoms. The number of esters is 3. The SMILES string of the molecule is CC/C=C\C/C=C\C/C=C\C/C=C\C/C=C\CCCC(=O)OC(COC(=O)CCCCC/C=C\CCCCCCCC)COC(=O)CCCCCCCCCCCC/C=C\C=C/CCCCC. The lowest BCUT2D eigenvalue weighted by atomic mass is 10.1. The van der Waals surface area contributed by atoms with Crippen LogP contribution >= 0.6 is 0 Å². The van der Waals surface area contributed by atoms with Gasteiger partial charge in [-0.05, 0) is 109 Å². The van der Waals surface area contributed by atoms with E-state index in [1.165, 1.54) is 116 Å². The highest BCUT2D eigenvalue weighted by Crippen LogP contribution is 2.14. The molecule has 0 N–H and O–H groups in total. The molecule has 6 heteroatoms. The largest absolute Gasteiger partial charge is 0.462 e. The van der Waals surface area contributed by atoms with E-state index in [1.807, 2.05) is 0 Å². The molecule has 0 aromatic carbocycles. The molecule has 0 aliphatic heterocycles. The third-order valence-corrected chi connectivity index (χ3v) is 11.6. The van der Waals surface area contributed by atoms with Gasteiger partial charge < -0.3 is 14.2 Å². The van der Waals surface area contributed by atoms with Gasteiger partial charge >= 0.3 is 17.9 Å². The fourth-order valence-corrected chi connectivity index (χ4v) is 7.40. The average Bonchev–Trinajstić information content (AvgIpc) is 3.33. The van der Waals surface area contributed by atoms with Crippen molar-refractivity contribution in [3.05, 3.63) is 97.2 Å². The van der Waals surface area contributed by atoms with Crippen molar-refractivity contribution in [2.75, 3.05) is 13.2 Å². The second-order valence-electron chi connectivity index (χ2n) is 18.1. The van der Waals surface area contributed by atoms with Gasteiger partial charge in [0.1, 0.15) is 13.2 Å². The Bertz CT molecular complexity index is 1350. The molecule has 0 aromatic heterocycles. The highest BCUT2D eigenvalue weighted by molar-refractivity contribution is 5.71. The van der Waals surface area contributed by atoms with Crippen LogP contribution in [0.3, 0.4) is 0 Å². The first-order valence-electron chi connectivity index (χ1n) is 27.8. The quantitative estimate of drug-likeness (QED) is 0.0199. The van der Waals surface area contributed by atoms with Crippen molar-refractivity contribution in [1.29, 1.82) is 0 Å². The normalized spacial score (nSPS) is 12.8. The summed E-state index contributed by atoms with van der Waals surface area (Å²) >= 11 is 0. The van der Waals surface area contributed by atoms with Gasteiger partial charge in [0, 0.05) is 19.3 Å². The van der Waals surface area contributed by atoms with Gasteiger partial charge in [-0.2, -0.15) is 0 Å². The molecule has 382 valence electrons. The fraction of sp³-hybridized carbons (Fsp3) is 0.689. The van der Waals surface area contributed by atoms with Crippen LogP contribution in [-0.2, 0) is 28.6 Å². The minimum absolute atomic E-state index is 0.107. The molecule has 1 unspecified atom stereocenters. The fourth-order valence-electron chi connectivity index (χ4n) is 7.40. The van der Waals surface area contributed by atoms with Crippen molar-refractivity contribution < 1.29 is 28.6 Å². The van der Waals surface area contributed by atoms with Crippen molar-refractivity contribution in [1.82, 2.24) is 0 Å². The van der Waals surface area contributed by atoms with E-state index < -0.39 is 6.10 Å². The smallest absolute Gasteiger partial charge is 0.306 e. The van der Waals surface area contributed by atoms with Crippen LogP contribution in [-0.4, -0.2) is 37.2 Å². The molecule has 0 saturated carbocycles. The van der Waals surface area contributed by atoms with E-state index >= 15 is 0 Å². The van der Waals surface area contributed by atoms with E-state index in [4.69, 9.17) is 14.2 Å². The number of unbranched alkanes of at least 4 members (excludes halogenated alkanes) is 23. The van der Waals surface area contributed by atoms with Gasteiger partial charge in [-0.3, -0.25) is 14.4 Å². The summed E-state index contributed by atoms with van der Waals surface area (Å²) in [5.74, 6) is -0.985. The zero-order valence-electron chi connectivity index (χ0n) is 43.6. The van der Waals surface area contributed by atoms with E-state index in [0.717, 1.165) is 89.9 Å². The maximum Gasteiger partial charge on any atom is 0.306 e. The Morgan fingerprint density at radius 3 is 1.10 bits per heavy atom. The Labute approximate surface area is 413 Å². The van der Waals surface area contributed by atoms with E-state index in [1.54, 1.807) is 0 Å². The number of carbonyl (C=O) groups is 3. The molecule has 1 atom stereocenters. The molecule has 0 spiro atoms. The summed E-state index contributed by atoms with van der Waals surface area (Å²) < 4.78 is 16.8. The number of rotatable bonds is 49. The van der Waals surface area contributed by atoms with Crippen molar-refractivity contribution in [2.45, 2.75) is 258 Å². The van der Waals surface area contributed by atoms with Gasteiger partial charge in [0.15, 0.2) is 6.10 Å². The first kappa shape index (κ1) is 63.3. The molecular formula is C61H102O6. The molecule has 67 heavy (non-hydrogen) atoms. The summed E-state index contributed by atoms with van der Waals surface area (Å²) in [6, 6.07) is 0. The van der Waals surface area contributed by atoms with E-state index in [0.29, 0.717) is 19.3 Å². The summed E-state index contributed by atoms with van der Waals surface area (Å²) in [6.45, 7) is 6.43.